The second kappa shape index (κ2) is 8.38. The summed E-state index contributed by atoms with van der Waals surface area (Å²) in [5.41, 5.74) is 0. The molecule has 16 heavy (non-hydrogen) atoms. The predicted octanol–water partition coefficient (Wildman–Crippen LogP) is 0.313. The van der Waals surface area contributed by atoms with Crippen molar-refractivity contribution in [3.63, 3.8) is 0 Å². The predicted molar refractivity (Wildman–Crippen MR) is 52.3 cm³/mol. The maximum Gasteiger partial charge on any atom is 0.396 e. The third-order valence-electron chi connectivity index (χ3n) is 0.872. The van der Waals surface area contributed by atoms with E-state index >= 15 is 0 Å². The zero-order valence-corrected chi connectivity index (χ0v) is 9.22. The summed E-state index contributed by atoms with van der Waals surface area (Å²) in [6.07, 6.45) is 3.50. The number of carbonyl (C=O) groups excluding carboxylic acids is 1. The van der Waals surface area contributed by atoms with Crippen LogP contribution in [-0.2, 0) is 21.0 Å². The maximum atomic E-state index is 9.94. The highest BCUT2D eigenvalue weighted by atomic mass is 32.2. The zero-order chi connectivity index (χ0) is 12.4. The minimum Gasteiger partial charge on any atom is -0.265 e. The lowest BCUT2D eigenvalue weighted by Crippen LogP contribution is -1.80. The fourth-order valence-electron chi connectivity index (χ4n) is 0.457. The van der Waals surface area contributed by atoms with Crippen molar-refractivity contribution >= 4 is 27.0 Å². The molecule has 8 nitrogen and oxygen atoms in total. The van der Waals surface area contributed by atoms with E-state index in [0.29, 0.717) is 0 Å². The molecule has 0 radical (unpaired) electrons. The summed E-state index contributed by atoms with van der Waals surface area (Å²) in [6, 6.07) is 4.15. The average Bonchev–Trinajstić information content (AvgIpc) is 2.18. The summed E-state index contributed by atoms with van der Waals surface area (Å²) in [5, 5.41) is 0. The number of amides is 2. The molecular weight excluding hydrogens is 258 g/mol. The van der Waals surface area contributed by atoms with Gasteiger partial charge in [0.1, 0.15) is 0 Å². The Morgan fingerprint density at radius 2 is 1.31 bits per heavy atom. The third kappa shape index (κ3) is 10.1. The smallest absolute Gasteiger partial charge is 0.265 e. The van der Waals surface area contributed by atoms with Crippen LogP contribution in [0, 0.1) is 0 Å². The molecule has 0 N–H and O–H groups in total. The second-order valence-corrected chi connectivity index (χ2v) is 3.16. The van der Waals surface area contributed by atoms with Crippen molar-refractivity contribution in [1.82, 2.24) is 4.98 Å². The van der Waals surface area contributed by atoms with E-state index in [4.69, 9.17) is 0 Å². The van der Waals surface area contributed by atoms with Crippen LogP contribution in [-0.4, -0.2) is 27.9 Å². The van der Waals surface area contributed by atoms with Crippen LogP contribution < -0.4 is 0 Å². The molecule has 10 heteroatoms. The molecule has 0 bridgehead atoms. The van der Waals surface area contributed by atoms with E-state index in [1.165, 1.54) is 0 Å². The van der Waals surface area contributed by atoms with Gasteiger partial charge in [0, 0.05) is 12.4 Å². The summed E-state index contributed by atoms with van der Waals surface area (Å²) < 4.78 is 42.6. The molecule has 1 aromatic rings. The molecule has 0 spiro atoms. The number of nitrogens with zero attached hydrogens (tertiary/aromatic N) is 3. The first-order chi connectivity index (χ1) is 7.52. The Hall–Kier alpha value is -1.94. The first-order valence-corrected chi connectivity index (χ1v) is 5.60. The molecule has 1 heterocycles. The summed E-state index contributed by atoms with van der Waals surface area (Å²) in [7, 11) is -5.91. The Labute approximate surface area is 93.4 Å². The van der Waals surface area contributed by atoms with Crippen molar-refractivity contribution in [2.45, 2.75) is 0 Å². The molecule has 0 atom stereocenters. The highest BCUT2D eigenvalue weighted by Gasteiger charge is 1.92. The Balaban J connectivity index is 0.000000315. The molecule has 0 fully saturated rings. The summed E-state index contributed by atoms with van der Waals surface area (Å²) in [4.78, 5) is 13.7. The highest BCUT2D eigenvalue weighted by molar-refractivity contribution is 7.63. The van der Waals surface area contributed by atoms with Gasteiger partial charge in [0.15, 0.2) is 0 Å². The van der Waals surface area contributed by atoms with Crippen LogP contribution in [0.3, 0.4) is 0 Å². The van der Waals surface area contributed by atoms with Crippen LogP contribution in [0.2, 0.25) is 0 Å². The Bertz CT molecular complexity index is 510. The molecule has 0 aliphatic rings. The lowest BCUT2D eigenvalue weighted by molar-refractivity contribution is 0.257. The van der Waals surface area contributed by atoms with E-state index in [9.17, 15) is 21.6 Å². The van der Waals surface area contributed by atoms with Gasteiger partial charge in [0.05, 0.1) is 0 Å². The number of rotatable bonds is 0. The van der Waals surface area contributed by atoms with Crippen LogP contribution in [0.4, 0.5) is 4.79 Å². The van der Waals surface area contributed by atoms with Crippen molar-refractivity contribution in [3.8, 4) is 0 Å². The summed E-state index contributed by atoms with van der Waals surface area (Å²) in [5.74, 6) is 0. The molecule has 0 aromatic carbocycles. The van der Waals surface area contributed by atoms with Gasteiger partial charge in [0.25, 0.3) is 0 Å². The largest absolute Gasteiger partial charge is 0.396 e. The topological polar surface area (TPSA) is 123 Å². The molecule has 0 unspecified atom stereocenters. The van der Waals surface area contributed by atoms with Crippen molar-refractivity contribution < 1.29 is 21.6 Å². The number of aromatic nitrogens is 1. The molecular formula is C6H5N3O5S2. The summed E-state index contributed by atoms with van der Waals surface area (Å²) in [6.45, 7) is 0. The van der Waals surface area contributed by atoms with Gasteiger partial charge < -0.3 is 0 Å². The van der Waals surface area contributed by atoms with E-state index in [-0.39, 0.29) is 0 Å². The lowest BCUT2D eigenvalue weighted by atomic mass is 10.5. The fourth-order valence-corrected chi connectivity index (χ4v) is 0.845. The number of pyridine rings is 1. The average molecular weight is 263 g/mol. The van der Waals surface area contributed by atoms with Crippen LogP contribution in [0.5, 0.6) is 0 Å². The molecule has 1 rings (SSSR count). The van der Waals surface area contributed by atoms with Crippen LogP contribution in [0.15, 0.2) is 39.3 Å². The van der Waals surface area contributed by atoms with Gasteiger partial charge in [0.2, 0.25) is 0 Å². The number of carbonyl (C=O) groups is 1. The van der Waals surface area contributed by atoms with E-state index in [1.54, 1.807) is 12.4 Å². The van der Waals surface area contributed by atoms with Gasteiger partial charge in [-0.25, -0.2) is 4.79 Å². The summed E-state index contributed by atoms with van der Waals surface area (Å²) >= 11 is 0. The Morgan fingerprint density at radius 3 is 1.50 bits per heavy atom. The van der Waals surface area contributed by atoms with E-state index in [0.717, 1.165) is 0 Å². The number of hydrogen-bond acceptors (Lipinski definition) is 6. The number of urea groups is 1. The van der Waals surface area contributed by atoms with Crippen molar-refractivity contribution in [2.75, 3.05) is 0 Å². The SMILES string of the molecule is O=C(N=S(=O)=O)N=S(=O)=O.c1ccncc1. The van der Waals surface area contributed by atoms with Gasteiger partial charge in [-0.05, 0) is 12.1 Å². The van der Waals surface area contributed by atoms with E-state index in [2.05, 4.69) is 13.7 Å². The molecule has 0 saturated carbocycles. The van der Waals surface area contributed by atoms with Crippen molar-refractivity contribution in [3.05, 3.63) is 30.6 Å². The number of hydrogen-bond donors (Lipinski definition) is 0. The zero-order valence-electron chi connectivity index (χ0n) is 7.59. The van der Waals surface area contributed by atoms with Gasteiger partial charge in [-0.3, -0.25) is 4.98 Å². The first kappa shape index (κ1) is 14.1. The van der Waals surface area contributed by atoms with Crippen molar-refractivity contribution in [2.24, 2.45) is 8.73 Å². The maximum absolute atomic E-state index is 9.94. The molecule has 0 saturated heterocycles. The standard InChI is InChI=1S/C5H5N.CN2O5S2/c1-2-4-6-5-3-1;4-1(2-9(5)6)3-10(7)8/h1-5H;. The molecule has 1 aromatic heterocycles. The van der Waals surface area contributed by atoms with Crippen LogP contribution in [0.1, 0.15) is 0 Å². The van der Waals surface area contributed by atoms with E-state index in [1.807, 2.05) is 18.2 Å². The fraction of sp³-hybridized carbons (Fsp3) is 0. The van der Waals surface area contributed by atoms with Crippen LogP contribution >= 0.6 is 0 Å². The molecule has 86 valence electrons. The first-order valence-electron chi connectivity index (χ1n) is 3.53. The van der Waals surface area contributed by atoms with Crippen molar-refractivity contribution in [1.29, 1.82) is 0 Å². The molecule has 2 amide bonds. The third-order valence-corrected chi connectivity index (χ3v) is 1.48. The van der Waals surface area contributed by atoms with E-state index < -0.39 is 27.0 Å². The highest BCUT2D eigenvalue weighted by Crippen LogP contribution is 1.78. The van der Waals surface area contributed by atoms with Gasteiger partial charge in [-0.2, -0.15) is 16.8 Å². The molecule has 0 aliphatic heterocycles. The van der Waals surface area contributed by atoms with Gasteiger partial charge in [-0.1, -0.05) is 14.8 Å². The minimum atomic E-state index is -2.95. The normalized spacial score (nSPS) is 8.00. The lowest BCUT2D eigenvalue weighted by Gasteiger charge is -1.70. The monoisotopic (exact) mass is 263 g/mol. The van der Waals surface area contributed by atoms with Crippen LogP contribution in [0.25, 0.3) is 0 Å². The second-order valence-electron chi connectivity index (χ2n) is 1.92. The van der Waals surface area contributed by atoms with Gasteiger partial charge in [-0.15, -0.1) is 0 Å². The minimum absolute atomic E-state index is 1.57. The Kier molecular flexibility index (Phi) is 7.36. The Morgan fingerprint density at radius 1 is 0.875 bits per heavy atom. The van der Waals surface area contributed by atoms with Gasteiger partial charge >= 0.3 is 27.0 Å². The molecule has 0 aliphatic carbocycles. The quantitative estimate of drug-likeness (QED) is 0.663.